The van der Waals surface area contributed by atoms with Crippen molar-refractivity contribution in [3.8, 4) is 0 Å². The predicted octanol–water partition coefficient (Wildman–Crippen LogP) is 3.88. The van der Waals surface area contributed by atoms with E-state index in [0.717, 1.165) is 33.3 Å². The van der Waals surface area contributed by atoms with Crippen LogP contribution in [0, 0.1) is 0 Å². The molecule has 8 heteroatoms. The van der Waals surface area contributed by atoms with Gasteiger partial charge in [0, 0.05) is 31.7 Å². The van der Waals surface area contributed by atoms with Crippen molar-refractivity contribution in [2.45, 2.75) is 27.3 Å². The minimum atomic E-state index is -0.122. The normalized spacial score (nSPS) is 10.8. The van der Waals surface area contributed by atoms with Crippen LogP contribution in [0.1, 0.15) is 46.4 Å². The lowest BCUT2D eigenvalue weighted by atomic mass is 10.1. The van der Waals surface area contributed by atoms with E-state index in [1.54, 1.807) is 23.5 Å². The molecule has 2 N–H and O–H groups in total. The Kier molecular flexibility index (Phi) is 6.64. The molecule has 0 fully saturated rings. The van der Waals surface area contributed by atoms with Crippen LogP contribution in [0.25, 0.3) is 9.53 Å². The molecule has 0 bridgehead atoms. The summed E-state index contributed by atoms with van der Waals surface area (Å²) in [4.78, 5) is 32.9. The molecule has 0 unspecified atom stereocenters. The molecule has 2 heterocycles. The van der Waals surface area contributed by atoms with Crippen LogP contribution in [0.2, 0.25) is 0 Å². The van der Waals surface area contributed by atoms with Gasteiger partial charge >= 0.3 is 0 Å². The number of carbonyl (C=O) groups excluding carboxylic acids is 2. The summed E-state index contributed by atoms with van der Waals surface area (Å²) < 4.78 is 1.04. The summed E-state index contributed by atoms with van der Waals surface area (Å²) in [7, 11) is 0. The number of hydrogen-bond donors (Lipinski definition) is 2. The molecule has 6 nitrogen and oxygen atoms in total. The first kappa shape index (κ1) is 20.3. The van der Waals surface area contributed by atoms with Crippen LogP contribution in [0.4, 0.5) is 5.13 Å². The quantitative estimate of drug-likeness (QED) is 0.584. The number of anilines is 1. The second-order valence-corrected chi connectivity index (χ2v) is 8.23. The zero-order valence-electron chi connectivity index (χ0n) is 16.2. The number of nitrogens with one attached hydrogen (secondary N) is 2. The number of nitrogens with zero attached hydrogens (tertiary/aromatic N) is 2. The van der Waals surface area contributed by atoms with E-state index in [9.17, 15) is 9.59 Å². The molecule has 0 aliphatic heterocycles. The Morgan fingerprint density at radius 3 is 2.50 bits per heavy atom. The third-order valence-electron chi connectivity index (χ3n) is 4.32. The van der Waals surface area contributed by atoms with E-state index in [1.807, 2.05) is 25.1 Å². The first-order chi connectivity index (χ1) is 13.5. The fraction of sp³-hybridized carbons (Fsp3) is 0.350. The Balaban J connectivity index is 1.66. The number of thiazole rings is 1. The molecule has 2 amide bonds. The lowest BCUT2D eigenvalue weighted by molar-refractivity contribution is 0.0949. The van der Waals surface area contributed by atoms with Crippen molar-refractivity contribution in [2.24, 2.45) is 0 Å². The SMILES string of the molecule is CCNC(=O)c1cccc(CNC(=O)c2cc3sc(N(CC)CC)nc3s2)c1. The fourth-order valence-electron chi connectivity index (χ4n) is 2.82. The van der Waals surface area contributed by atoms with Gasteiger partial charge in [-0.05, 0) is 44.5 Å². The number of carbonyl (C=O) groups is 2. The van der Waals surface area contributed by atoms with Crippen molar-refractivity contribution >= 4 is 49.1 Å². The smallest absolute Gasteiger partial charge is 0.261 e. The highest BCUT2D eigenvalue weighted by Gasteiger charge is 2.16. The minimum absolute atomic E-state index is 0.107. The highest BCUT2D eigenvalue weighted by Crippen LogP contribution is 2.34. The van der Waals surface area contributed by atoms with Crippen molar-refractivity contribution in [1.82, 2.24) is 15.6 Å². The van der Waals surface area contributed by atoms with E-state index in [0.29, 0.717) is 23.5 Å². The zero-order valence-corrected chi connectivity index (χ0v) is 17.9. The number of fused-ring (bicyclic) bond motifs is 1. The van der Waals surface area contributed by atoms with Crippen molar-refractivity contribution in [3.05, 3.63) is 46.3 Å². The number of rotatable bonds is 8. The third-order valence-corrected chi connectivity index (χ3v) is 6.54. The average molecular weight is 417 g/mol. The molecule has 0 atom stereocenters. The van der Waals surface area contributed by atoms with E-state index in [2.05, 4.69) is 34.4 Å². The summed E-state index contributed by atoms with van der Waals surface area (Å²) in [6, 6.07) is 9.20. The molecule has 3 aromatic rings. The highest BCUT2D eigenvalue weighted by molar-refractivity contribution is 7.29. The number of hydrogen-bond acceptors (Lipinski definition) is 6. The van der Waals surface area contributed by atoms with Gasteiger partial charge in [0.05, 0.1) is 9.58 Å². The maximum Gasteiger partial charge on any atom is 0.261 e. The highest BCUT2D eigenvalue weighted by atomic mass is 32.1. The van der Waals surface area contributed by atoms with E-state index in [1.165, 1.54) is 11.3 Å². The van der Waals surface area contributed by atoms with Gasteiger partial charge in [-0.3, -0.25) is 9.59 Å². The van der Waals surface area contributed by atoms with Crippen molar-refractivity contribution < 1.29 is 9.59 Å². The van der Waals surface area contributed by atoms with Gasteiger partial charge in [0.1, 0.15) is 4.83 Å². The van der Waals surface area contributed by atoms with Gasteiger partial charge in [-0.25, -0.2) is 4.98 Å². The van der Waals surface area contributed by atoms with Gasteiger partial charge in [-0.2, -0.15) is 0 Å². The van der Waals surface area contributed by atoms with E-state index >= 15 is 0 Å². The molecule has 148 valence electrons. The summed E-state index contributed by atoms with van der Waals surface area (Å²) >= 11 is 3.03. The fourth-order valence-corrected chi connectivity index (χ4v) is 5.07. The molecule has 0 aliphatic carbocycles. The van der Waals surface area contributed by atoms with Crippen molar-refractivity contribution in [3.63, 3.8) is 0 Å². The standard InChI is InChI=1S/C20H24N4O2S2/c1-4-21-17(25)14-9-7-8-13(10-14)12-22-18(26)15-11-16-19(27-15)23-20(28-16)24(5-2)6-3/h7-11H,4-6,12H2,1-3H3,(H,21,25)(H,22,26). The summed E-state index contributed by atoms with van der Waals surface area (Å²) in [5.74, 6) is -0.229. The van der Waals surface area contributed by atoms with Gasteiger partial charge < -0.3 is 15.5 Å². The summed E-state index contributed by atoms with van der Waals surface area (Å²) in [5.41, 5.74) is 1.48. The summed E-state index contributed by atoms with van der Waals surface area (Å²) in [6.07, 6.45) is 0. The van der Waals surface area contributed by atoms with Gasteiger partial charge in [0.25, 0.3) is 11.8 Å². The number of aromatic nitrogens is 1. The van der Waals surface area contributed by atoms with Crippen LogP contribution in [0.15, 0.2) is 30.3 Å². The second kappa shape index (κ2) is 9.16. The summed E-state index contributed by atoms with van der Waals surface area (Å²) in [5, 5.41) is 6.71. The van der Waals surface area contributed by atoms with Crippen molar-refractivity contribution in [1.29, 1.82) is 0 Å². The zero-order chi connectivity index (χ0) is 20.1. The predicted molar refractivity (Wildman–Crippen MR) is 117 cm³/mol. The Morgan fingerprint density at radius 2 is 1.82 bits per heavy atom. The largest absolute Gasteiger partial charge is 0.352 e. The van der Waals surface area contributed by atoms with E-state index < -0.39 is 0 Å². The van der Waals surface area contributed by atoms with E-state index in [4.69, 9.17) is 0 Å². The molecule has 0 spiro atoms. The number of benzene rings is 1. The Morgan fingerprint density at radius 1 is 1.04 bits per heavy atom. The minimum Gasteiger partial charge on any atom is -0.352 e. The van der Waals surface area contributed by atoms with Gasteiger partial charge in [-0.15, -0.1) is 11.3 Å². The maximum atomic E-state index is 12.5. The topological polar surface area (TPSA) is 74.3 Å². The van der Waals surface area contributed by atoms with Crippen LogP contribution in [-0.2, 0) is 6.54 Å². The van der Waals surface area contributed by atoms with E-state index in [-0.39, 0.29) is 11.8 Å². The van der Waals surface area contributed by atoms with Gasteiger partial charge in [0.15, 0.2) is 5.13 Å². The first-order valence-corrected chi connectivity index (χ1v) is 11.0. The number of thiophene rings is 1. The average Bonchev–Trinajstić information content (AvgIpc) is 3.27. The lowest BCUT2D eigenvalue weighted by Gasteiger charge is -2.16. The molecule has 0 saturated heterocycles. The second-order valence-electron chi connectivity index (χ2n) is 6.19. The first-order valence-electron chi connectivity index (χ1n) is 9.36. The molecule has 2 aromatic heterocycles. The lowest BCUT2D eigenvalue weighted by Crippen LogP contribution is -2.24. The van der Waals surface area contributed by atoms with Crippen LogP contribution < -0.4 is 15.5 Å². The van der Waals surface area contributed by atoms with Crippen LogP contribution in [0.5, 0.6) is 0 Å². The molecular formula is C20H24N4O2S2. The Hall–Kier alpha value is -2.45. The van der Waals surface area contributed by atoms with Crippen LogP contribution in [-0.4, -0.2) is 36.4 Å². The molecule has 0 aliphatic rings. The third kappa shape index (κ3) is 4.51. The van der Waals surface area contributed by atoms with Crippen molar-refractivity contribution in [2.75, 3.05) is 24.5 Å². The Labute approximate surface area is 172 Å². The Bertz CT molecular complexity index is 944. The van der Waals surface area contributed by atoms with Crippen LogP contribution in [0.3, 0.4) is 0 Å². The van der Waals surface area contributed by atoms with Gasteiger partial charge in [-0.1, -0.05) is 23.5 Å². The maximum absolute atomic E-state index is 12.5. The molecule has 28 heavy (non-hydrogen) atoms. The summed E-state index contributed by atoms with van der Waals surface area (Å²) in [6.45, 7) is 8.89. The molecule has 0 radical (unpaired) electrons. The molecule has 1 aromatic carbocycles. The monoisotopic (exact) mass is 416 g/mol. The number of amides is 2. The molecular weight excluding hydrogens is 392 g/mol. The van der Waals surface area contributed by atoms with Crippen LogP contribution >= 0.6 is 22.7 Å². The molecule has 0 saturated carbocycles. The van der Waals surface area contributed by atoms with Gasteiger partial charge in [0.2, 0.25) is 0 Å². The molecule has 3 rings (SSSR count).